The molecule has 2 aliphatic rings. The number of nitrogens with one attached hydrogen (secondary N) is 2. The van der Waals surface area contributed by atoms with Gasteiger partial charge in [-0.15, -0.1) is 0 Å². The zero-order valence-corrected chi connectivity index (χ0v) is 16.1. The minimum atomic E-state index is -0.219. The lowest BCUT2D eigenvalue weighted by atomic mass is 10.1. The van der Waals surface area contributed by atoms with E-state index < -0.39 is 0 Å². The average Bonchev–Trinajstić information content (AvgIpc) is 3.35. The van der Waals surface area contributed by atoms with E-state index in [9.17, 15) is 4.79 Å². The topological polar surface area (TPSA) is 66.1 Å². The van der Waals surface area contributed by atoms with Crippen LogP contribution < -0.4 is 20.1 Å². The molecule has 7 nitrogen and oxygen atoms in total. The largest absolute Gasteiger partial charge is 0.454 e. The van der Waals surface area contributed by atoms with Gasteiger partial charge >= 0.3 is 6.03 Å². The fourth-order valence-electron chi connectivity index (χ4n) is 3.39. The summed E-state index contributed by atoms with van der Waals surface area (Å²) in [4.78, 5) is 17.2. The number of amides is 2. The average molecular weight is 388 g/mol. The molecule has 2 amide bonds. The molecule has 2 aliphatic heterocycles. The number of nitrogens with zero attached hydrogens (tertiary/aromatic N) is 2. The number of urea groups is 1. The van der Waals surface area contributed by atoms with Gasteiger partial charge in [0.2, 0.25) is 6.79 Å². The quantitative estimate of drug-likeness (QED) is 0.824. The minimum absolute atomic E-state index is 0.187. The van der Waals surface area contributed by atoms with Crippen molar-refractivity contribution in [1.82, 2.24) is 15.1 Å². The van der Waals surface area contributed by atoms with Gasteiger partial charge in [-0.05, 0) is 41.6 Å². The van der Waals surface area contributed by atoms with E-state index in [0.29, 0.717) is 23.7 Å². The van der Waals surface area contributed by atoms with Gasteiger partial charge in [-0.1, -0.05) is 0 Å². The third kappa shape index (κ3) is 4.35. The molecule has 0 spiro atoms. The highest BCUT2D eigenvalue weighted by Gasteiger charge is 2.24. The van der Waals surface area contributed by atoms with E-state index in [-0.39, 0.29) is 18.9 Å². The maximum Gasteiger partial charge on any atom is 0.319 e. The van der Waals surface area contributed by atoms with Crippen molar-refractivity contribution in [3.8, 4) is 11.5 Å². The number of anilines is 1. The molecule has 8 heteroatoms. The fourth-order valence-corrected chi connectivity index (χ4v) is 4.10. The molecule has 1 atom stereocenters. The van der Waals surface area contributed by atoms with E-state index in [2.05, 4.69) is 44.3 Å². The Kier molecular flexibility index (Phi) is 5.47. The second-order valence-corrected chi connectivity index (χ2v) is 7.59. The van der Waals surface area contributed by atoms with E-state index in [1.165, 1.54) is 5.56 Å². The molecule has 0 radical (unpaired) electrons. The highest BCUT2D eigenvalue weighted by atomic mass is 32.1. The molecule has 0 aliphatic carbocycles. The fraction of sp³-hybridized carbons (Fsp3) is 0.421. The van der Waals surface area contributed by atoms with Gasteiger partial charge in [-0.25, -0.2) is 4.79 Å². The molecule has 1 aromatic carbocycles. The zero-order chi connectivity index (χ0) is 18.6. The summed E-state index contributed by atoms with van der Waals surface area (Å²) in [5.74, 6) is 1.36. The number of benzene rings is 1. The van der Waals surface area contributed by atoms with Gasteiger partial charge in [-0.2, -0.15) is 11.3 Å². The lowest BCUT2D eigenvalue weighted by Crippen LogP contribution is -2.48. The standard InChI is InChI=1S/C19H24N4O3S/c1-22-5-7-23(8-6-22)16(14-4-9-27-12-14)11-20-19(24)21-15-2-3-17-18(10-15)26-13-25-17/h2-4,9-10,12,16H,5-8,11,13H2,1H3,(H2,20,21,24). The number of hydrogen-bond donors (Lipinski definition) is 2. The molecule has 4 rings (SSSR count). The van der Waals surface area contributed by atoms with E-state index in [4.69, 9.17) is 9.47 Å². The molecule has 1 unspecified atom stereocenters. The summed E-state index contributed by atoms with van der Waals surface area (Å²) >= 11 is 1.69. The van der Waals surface area contributed by atoms with Crippen LogP contribution in [0.4, 0.5) is 10.5 Å². The van der Waals surface area contributed by atoms with Crippen molar-refractivity contribution in [2.45, 2.75) is 6.04 Å². The Bertz CT molecular complexity index is 775. The van der Waals surface area contributed by atoms with Crippen LogP contribution in [0, 0.1) is 0 Å². The van der Waals surface area contributed by atoms with E-state index in [1.54, 1.807) is 23.5 Å². The number of rotatable bonds is 5. The highest BCUT2D eigenvalue weighted by Crippen LogP contribution is 2.34. The van der Waals surface area contributed by atoms with Crippen molar-refractivity contribution in [1.29, 1.82) is 0 Å². The zero-order valence-electron chi connectivity index (χ0n) is 15.3. The summed E-state index contributed by atoms with van der Waals surface area (Å²) in [6, 6.07) is 7.50. The van der Waals surface area contributed by atoms with Crippen LogP contribution in [0.5, 0.6) is 11.5 Å². The Balaban J connectivity index is 1.36. The van der Waals surface area contributed by atoms with Crippen molar-refractivity contribution < 1.29 is 14.3 Å². The molecule has 1 fully saturated rings. The van der Waals surface area contributed by atoms with Crippen LogP contribution in [0.15, 0.2) is 35.0 Å². The Labute approximate surface area is 162 Å². The molecular weight excluding hydrogens is 364 g/mol. The normalized spacial score (nSPS) is 18.3. The predicted molar refractivity (Wildman–Crippen MR) is 106 cm³/mol. The molecule has 0 bridgehead atoms. The van der Waals surface area contributed by atoms with Gasteiger partial charge < -0.3 is 25.0 Å². The maximum atomic E-state index is 12.4. The van der Waals surface area contributed by atoms with E-state index in [1.807, 2.05) is 6.07 Å². The summed E-state index contributed by atoms with van der Waals surface area (Å²) in [5, 5.41) is 10.2. The van der Waals surface area contributed by atoms with Crippen molar-refractivity contribution in [2.24, 2.45) is 0 Å². The number of carbonyl (C=O) groups is 1. The molecule has 27 heavy (non-hydrogen) atoms. The van der Waals surface area contributed by atoms with Crippen LogP contribution in [0.25, 0.3) is 0 Å². The number of carbonyl (C=O) groups excluding carboxylic acids is 1. The van der Waals surface area contributed by atoms with Crippen molar-refractivity contribution >= 4 is 23.1 Å². The van der Waals surface area contributed by atoms with Crippen molar-refractivity contribution in [2.75, 3.05) is 51.9 Å². The molecule has 2 aromatic rings. The lowest BCUT2D eigenvalue weighted by Gasteiger charge is -2.37. The van der Waals surface area contributed by atoms with Crippen LogP contribution in [-0.2, 0) is 0 Å². The summed E-state index contributed by atoms with van der Waals surface area (Å²) < 4.78 is 10.6. The van der Waals surface area contributed by atoms with Crippen LogP contribution in [0.2, 0.25) is 0 Å². The van der Waals surface area contributed by atoms with Gasteiger partial charge in [0.1, 0.15) is 0 Å². The van der Waals surface area contributed by atoms with Crippen molar-refractivity contribution in [3.05, 3.63) is 40.6 Å². The summed E-state index contributed by atoms with van der Waals surface area (Å²) in [7, 11) is 2.15. The maximum absolute atomic E-state index is 12.4. The van der Waals surface area contributed by atoms with Gasteiger partial charge in [0.15, 0.2) is 11.5 Å². The molecule has 3 heterocycles. The molecule has 1 saturated heterocycles. The lowest BCUT2D eigenvalue weighted by molar-refractivity contribution is 0.111. The third-order valence-electron chi connectivity index (χ3n) is 4.99. The molecule has 2 N–H and O–H groups in total. The van der Waals surface area contributed by atoms with E-state index >= 15 is 0 Å². The van der Waals surface area contributed by atoms with Crippen LogP contribution in [-0.4, -0.2) is 62.4 Å². The number of likely N-dealkylation sites (N-methyl/N-ethyl adjacent to an activating group) is 1. The number of ether oxygens (including phenoxy) is 2. The first-order chi connectivity index (χ1) is 13.2. The van der Waals surface area contributed by atoms with Crippen LogP contribution in [0.1, 0.15) is 11.6 Å². The first-order valence-corrected chi connectivity index (χ1v) is 10.0. The Morgan fingerprint density at radius 2 is 2.00 bits per heavy atom. The Hall–Kier alpha value is -2.29. The van der Waals surface area contributed by atoms with Gasteiger partial charge in [-0.3, -0.25) is 4.90 Å². The number of fused-ring (bicyclic) bond motifs is 1. The van der Waals surface area contributed by atoms with Gasteiger partial charge in [0.05, 0.1) is 6.04 Å². The monoisotopic (exact) mass is 388 g/mol. The summed E-state index contributed by atoms with van der Waals surface area (Å²) in [6.45, 7) is 4.88. The highest BCUT2D eigenvalue weighted by molar-refractivity contribution is 7.07. The molecule has 0 saturated carbocycles. The minimum Gasteiger partial charge on any atom is -0.454 e. The first-order valence-electron chi connectivity index (χ1n) is 9.08. The second-order valence-electron chi connectivity index (χ2n) is 6.81. The van der Waals surface area contributed by atoms with Crippen molar-refractivity contribution in [3.63, 3.8) is 0 Å². The molecular formula is C19H24N4O3S. The predicted octanol–water partition coefficient (Wildman–Crippen LogP) is 2.59. The number of thiophene rings is 1. The Morgan fingerprint density at radius 1 is 1.19 bits per heavy atom. The smallest absolute Gasteiger partial charge is 0.319 e. The summed E-state index contributed by atoms with van der Waals surface area (Å²) in [6.07, 6.45) is 0. The number of hydrogen-bond acceptors (Lipinski definition) is 6. The number of piperazine rings is 1. The van der Waals surface area contributed by atoms with E-state index in [0.717, 1.165) is 26.2 Å². The Morgan fingerprint density at radius 3 is 2.78 bits per heavy atom. The third-order valence-corrected chi connectivity index (χ3v) is 5.69. The SMILES string of the molecule is CN1CCN(C(CNC(=O)Nc2ccc3c(c2)OCO3)c2ccsc2)CC1. The summed E-state index contributed by atoms with van der Waals surface area (Å²) in [5.41, 5.74) is 1.94. The van der Waals surface area contributed by atoms with Crippen LogP contribution >= 0.6 is 11.3 Å². The molecule has 1 aromatic heterocycles. The first kappa shape index (κ1) is 18.1. The van der Waals surface area contributed by atoms with Gasteiger partial charge in [0, 0.05) is 44.5 Å². The van der Waals surface area contributed by atoms with Crippen LogP contribution in [0.3, 0.4) is 0 Å². The second kappa shape index (κ2) is 8.16. The van der Waals surface area contributed by atoms with Gasteiger partial charge in [0.25, 0.3) is 0 Å². The molecule has 144 valence electrons.